The van der Waals surface area contributed by atoms with Gasteiger partial charge in [-0.25, -0.2) is 9.37 Å². The van der Waals surface area contributed by atoms with Crippen LogP contribution in [0.3, 0.4) is 0 Å². The average Bonchev–Trinajstić information content (AvgIpc) is 3.23. The molecule has 2 aromatic carbocycles. The van der Waals surface area contributed by atoms with Crippen LogP contribution < -0.4 is 10.2 Å². The molecule has 1 atom stereocenters. The molecule has 1 unspecified atom stereocenters. The molecule has 0 saturated carbocycles. The van der Waals surface area contributed by atoms with Gasteiger partial charge in [-0.15, -0.1) is 0 Å². The predicted octanol–water partition coefficient (Wildman–Crippen LogP) is 3.82. The summed E-state index contributed by atoms with van der Waals surface area (Å²) in [7, 11) is 0. The van der Waals surface area contributed by atoms with Crippen LogP contribution in [0.25, 0.3) is 11.0 Å². The number of carbonyl (C=O) groups excluding carboxylic acids is 1. The molecule has 2 heterocycles. The van der Waals surface area contributed by atoms with Gasteiger partial charge in [-0.3, -0.25) is 10.1 Å². The van der Waals surface area contributed by atoms with Crippen molar-refractivity contribution in [2.75, 3.05) is 23.3 Å². The van der Waals surface area contributed by atoms with Crippen LogP contribution in [0, 0.1) is 11.7 Å². The van der Waals surface area contributed by atoms with Crippen molar-refractivity contribution in [2.24, 2.45) is 5.92 Å². The number of aromatic amines is 1. The molecule has 7 heteroatoms. The smallest absolute Gasteiger partial charge is 0.231 e. The van der Waals surface area contributed by atoms with Crippen LogP contribution in [0.15, 0.2) is 42.5 Å². The molecule has 0 bridgehead atoms. The molecule has 1 aromatic heterocycles. The van der Waals surface area contributed by atoms with Crippen molar-refractivity contribution in [3.05, 3.63) is 53.3 Å². The van der Waals surface area contributed by atoms with E-state index in [4.69, 9.17) is 11.6 Å². The van der Waals surface area contributed by atoms with Gasteiger partial charge in [0.15, 0.2) is 0 Å². The minimum atomic E-state index is -0.268. The van der Waals surface area contributed by atoms with Crippen molar-refractivity contribution >= 4 is 40.2 Å². The summed E-state index contributed by atoms with van der Waals surface area (Å²) in [5, 5.41) is 3.33. The molecule has 128 valence electrons. The van der Waals surface area contributed by atoms with E-state index in [-0.39, 0.29) is 17.6 Å². The van der Waals surface area contributed by atoms with E-state index in [1.165, 1.54) is 6.07 Å². The van der Waals surface area contributed by atoms with E-state index in [2.05, 4.69) is 15.3 Å². The van der Waals surface area contributed by atoms with E-state index in [1.807, 2.05) is 17.0 Å². The molecule has 0 aliphatic carbocycles. The Bertz CT molecular complexity index is 942. The van der Waals surface area contributed by atoms with Crippen LogP contribution in [0.1, 0.15) is 6.42 Å². The van der Waals surface area contributed by atoms with E-state index in [0.29, 0.717) is 41.7 Å². The maximum Gasteiger partial charge on any atom is 0.231 e. The topological polar surface area (TPSA) is 61.0 Å². The summed E-state index contributed by atoms with van der Waals surface area (Å²) < 4.78 is 13.9. The Hall–Kier alpha value is -2.60. The quantitative estimate of drug-likeness (QED) is 0.748. The third kappa shape index (κ3) is 3.05. The van der Waals surface area contributed by atoms with Gasteiger partial charge < -0.3 is 9.88 Å². The number of nitrogens with one attached hydrogen (secondary N) is 2. The lowest BCUT2D eigenvalue weighted by Crippen LogP contribution is -2.27. The number of hydrogen-bond acceptors (Lipinski definition) is 3. The zero-order chi connectivity index (χ0) is 17.4. The number of carbonyl (C=O) groups is 1. The van der Waals surface area contributed by atoms with Gasteiger partial charge in [-0.1, -0.05) is 29.8 Å². The standard InChI is InChI=1S/C18H16ClFN4O/c19-12-4-3-6-14-16(12)22-18(21-14)23-17(25)11-8-9-24(10-11)15-7-2-1-5-13(15)20/h1-7,11H,8-10H2,(H2,21,22,23,25). The molecule has 1 aliphatic heterocycles. The lowest BCUT2D eigenvalue weighted by atomic mass is 10.1. The van der Waals surface area contributed by atoms with Gasteiger partial charge in [-0.05, 0) is 30.7 Å². The van der Waals surface area contributed by atoms with E-state index in [9.17, 15) is 9.18 Å². The predicted molar refractivity (Wildman–Crippen MR) is 96.5 cm³/mol. The van der Waals surface area contributed by atoms with Crippen LogP contribution in [-0.4, -0.2) is 29.0 Å². The van der Waals surface area contributed by atoms with Crippen LogP contribution >= 0.6 is 11.6 Å². The van der Waals surface area contributed by atoms with Crippen LogP contribution in [0.5, 0.6) is 0 Å². The monoisotopic (exact) mass is 358 g/mol. The van der Waals surface area contributed by atoms with Crippen molar-refractivity contribution in [1.82, 2.24) is 9.97 Å². The lowest BCUT2D eigenvalue weighted by Gasteiger charge is -2.18. The van der Waals surface area contributed by atoms with Gasteiger partial charge in [0.05, 0.1) is 22.1 Å². The van der Waals surface area contributed by atoms with Gasteiger partial charge in [0.25, 0.3) is 0 Å². The zero-order valence-corrected chi connectivity index (χ0v) is 14.1. The molecule has 4 rings (SSSR count). The summed E-state index contributed by atoms with van der Waals surface area (Å²) in [5.74, 6) is -0.245. The summed E-state index contributed by atoms with van der Waals surface area (Å²) in [6.45, 7) is 1.12. The summed E-state index contributed by atoms with van der Waals surface area (Å²) >= 11 is 6.10. The Morgan fingerprint density at radius 1 is 1.28 bits per heavy atom. The fourth-order valence-electron chi connectivity index (χ4n) is 3.18. The minimum absolute atomic E-state index is 0.131. The number of rotatable bonds is 3. The summed E-state index contributed by atoms with van der Waals surface area (Å²) in [6, 6.07) is 12.0. The van der Waals surface area contributed by atoms with Gasteiger partial charge >= 0.3 is 0 Å². The first-order chi connectivity index (χ1) is 12.1. The molecule has 1 amide bonds. The highest BCUT2D eigenvalue weighted by molar-refractivity contribution is 6.35. The molecular weight excluding hydrogens is 343 g/mol. The first kappa shape index (κ1) is 15.9. The number of H-pyrrole nitrogens is 1. The van der Waals surface area contributed by atoms with Gasteiger partial charge in [0.2, 0.25) is 11.9 Å². The second kappa shape index (κ2) is 6.37. The number of hydrogen-bond donors (Lipinski definition) is 2. The maximum atomic E-state index is 13.9. The van der Waals surface area contributed by atoms with E-state index in [0.717, 1.165) is 5.52 Å². The Kier molecular flexibility index (Phi) is 4.05. The Balaban J connectivity index is 1.46. The Labute approximate surface area is 148 Å². The van der Waals surface area contributed by atoms with Crippen LogP contribution in [-0.2, 0) is 4.79 Å². The normalized spacial score (nSPS) is 17.2. The molecule has 0 radical (unpaired) electrons. The summed E-state index contributed by atoms with van der Waals surface area (Å²) in [5.41, 5.74) is 1.93. The maximum absolute atomic E-state index is 13.9. The molecule has 1 saturated heterocycles. The van der Waals surface area contributed by atoms with E-state index < -0.39 is 0 Å². The summed E-state index contributed by atoms with van der Waals surface area (Å²) in [4.78, 5) is 21.8. The number of halogens is 2. The number of amides is 1. The molecular formula is C18H16ClFN4O. The van der Waals surface area contributed by atoms with E-state index in [1.54, 1.807) is 24.3 Å². The van der Waals surface area contributed by atoms with Gasteiger partial charge in [0.1, 0.15) is 11.3 Å². The lowest BCUT2D eigenvalue weighted by molar-refractivity contribution is -0.119. The summed E-state index contributed by atoms with van der Waals surface area (Å²) in [6.07, 6.45) is 0.668. The second-order valence-corrected chi connectivity index (χ2v) is 6.50. The molecule has 2 N–H and O–H groups in total. The van der Waals surface area contributed by atoms with Gasteiger partial charge in [0, 0.05) is 13.1 Å². The van der Waals surface area contributed by atoms with Crippen molar-refractivity contribution in [1.29, 1.82) is 0 Å². The average molecular weight is 359 g/mol. The Morgan fingerprint density at radius 3 is 2.92 bits per heavy atom. The zero-order valence-electron chi connectivity index (χ0n) is 13.3. The van der Waals surface area contributed by atoms with E-state index >= 15 is 0 Å². The van der Waals surface area contributed by atoms with Crippen molar-refractivity contribution in [2.45, 2.75) is 6.42 Å². The number of imidazole rings is 1. The number of aromatic nitrogens is 2. The van der Waals surface area contributed by atoms with Crippen molar-refractivity contribution < 1.29 is 9.18 Å². The number of anilines is 2. The number of fused-ring (bicyclic) bond motifs is 1. The number of benzene rings is 2. The third-order valence-corrected chi connectivity index (χ3v) is 4.76. The molecule has 5 nitrogen and oxygen atoms in total. The molecule has 25 heavy (non-hydrogen) atoms. The first-order valence-corrected chi connectivity index (χ1v) is 8.44. The number of nitrogens with zero attached hydrogens (tertiary/aromatic N) is 2. The molecule has 3 aromatic rings. The fourth-order valence-corrected chi connectivity index (χ4v) is 3.39. The third-order valence-electron chi connectivity index (χ3n) is 4.46. The van der Waals surface area contributed by atoms with Crippen molar-refractivity contribution in [3.8, 4) is 0 Å². The second-order valence-electron chi connectivity index (χ2n) is 6.09. The fraction of sp³-hybridized carbons (Fsp3) is 0.222. The highest BCUT2D eigenvalue weighted by Crippen LogP contribution is 2.27. The minimum Gasteiger partial charge on any atom is -0.368 e. The first-order valence-electron chi connectivity index (χ1n) is 8.06. The highest BCUT2D eigenvalue weighted by atomic mass is 35.5. The van der Waals surface area contributed by atoms with Crippen molar-refractivity contribution in [3.63, 3.8) is 0 Å². The van der Waals surface area contributed by atoms with Crippen LogP contribution in [0.4, 0.5) is 16.0 Å². The number of para-hydroxylation sites is 2. The van der Waals surface area contributed by atoms with Crippen LogP contribution in [0.2, 0.25) is 5.02 Å². The Morgan fingerprint density at radius 2 is 2.12 bits per heavy atom. The highest BCUT2D eigenvalue weighted by Gasteiger charge is 2.30. The molecule has 1 aliphatic rings. The molecule has 1 fully saturated rings. The largest absolute Gasteiger partial charge is 0.368 e. The SMILES string of the molecule is O=C(Nc1nc2c(Cl)cccc2[nH]1)C1CCN(c2ccccc2F)C1. The van der Waals surface area contributed by atoms with Gasteiger partial charge in [-0.2, -0.15) is 0 Å². The molecule has 0 spiro atoms.